The van der Waals surface area contributed by atoms with Crippen molar-refractivity contribution in [2.75, 3.05) is 7.05 Å². The molecular formula is C22H28N2O3. The second-order valence-electron chi connectivity index (χ2n) is 7.60. The molecule has 2 aromatic rings. The molecule has 1 heterocycles. The lowest BCUT2D eigenvalue weighted by Crippen LogP contribution is -2.34. The molecule has 0 fully saturated rings. The molecular weight excluding hydrogens is 340 g/mol. The predicted octanol–water partition coefficient (Wildman–Crippen LogP) is 4.35. The Bertz CT molecular complexity index is 866. The second-order valence-corrected chi connectivity index (χ2v) is 7.60. The highest BCUT2D eigenvalue weighted by Crippen LogP contribution is 2.34. The number of amides is 1. The third kappa shape index (κ3) is 3.64. The third-order valence-electron chi connectivity index (χ3n) is 5.32. The number of benzene rings is 1. The molecule has 1 aliphatic rings. The first-order valence-electron chi connectivity index (χ1n) is 9.56. The molecule has 3 rings (SSSR count). The number of H-pyrrole nitrogens is 1. The van der Waals surface area contributed by atoms with E-state index in [1.54, 1.807) is 18.7 Å². The monoisotopic (exact) mass is 368 g/mol. The van der Waals surface area contributed by atoms with E-state index in [-0.39, 0.29) is 24.0 Å². The van der Waals surface area contributed by atoms with Crippen LogP contribution in [0.15, 0.2) is 24.3 Å². The summed E-state index contributed by atoms with van der Waals surface area (Å²) in [6.45, 7) is 7.23. The fourth-order valence-corrected chi connectivity index (χ4v) is 3.99. The maximum atomic E-state index is 13.2. The average molecular weight is 368 g/mol. The van der Waals surface area contributed by atoms with Crippen molar-refractivity contribution in [3.8, 4) is 0 Å². The smallest absolute Gasteiger partial charge is 0.340 e. The van der Waals surface area contributed by atoms with E-state index in [0.29, 0.717) is 22.5 Å². The maximum Gasteiger partial charge on any atom is 0.340 e. The van der Waals surface area contributed by atoms with Gasteiger partial charge in [0.25, 0.3) is 5.91 Å². The van der Waals surface area contributed by atoms with Gasteiger partial charge in [-0.1, -0.05) is 24.3 Å². The normalized spacial score (nSPS) is 16.1. The lowest BCUT2D eigenvalue weighted by Gasteiger charge is -2.33. The zero-order chi connectivity index (χ0) is 19.7. The van der Waals surface area contributed by atoms with Gasteiger partial charge < -0.3 is 14.6 Å². The Hall–Kier alpha value is -2.56. The van der Waals surface area contributed by atoms with Crippen molar-refractivity contribution in [1.29, 1.82) is 0 Å². The van der Waals surface area contributed by atoms with E-state index in [2.05, 4.69) is 17.1 Å². The van der Waals surface area contributed by atoms with Crippen molar-refractivity contribution in [3.63, 3.8) is 0 Å². The Labute approximate surface area is 160 Å². The fourth-order valence-electron chi connectivity index (χ4n) is 3.99. The van der Waals surface area contributed by atoms with Crippen molar-refractivity contribution < 1.29 is 14.3 Å². The highest BCUT2D eigenvalue weighted by Gasteiger charge is 2.30. The molecule has 1 unspecified atom stereocenters. The maximum absolute atomic E-state index is 13.2. The Morgan fingerprint density at radius 2 is 1.93 bits per heavy atom. The van der Waals surface area contributed by atoms with E-state index in [1.165, 1.54) is 11.1 Å². The van der Waals surface area contributed by atoms with Gasteiger partial charge in [-0.2, -0.15) is 0 Å². The van der Waals surface area contributed by atoms with Crippen LogP contribution in [0.3, 0.4) is 0 Å². The molecule has 27 heavy (non-hydrogen) atoms. The lowest BCUT2D eigenvalue weighted by atomic mass is 9.87. The number of carbonyl (C=O) groups is 2. The van der Waals surface area contributed by atoms with E-state index in [1.807, 2.05) is 33.0 Å². The summed E-state index contributed by atoms with van der Waals surface area (Å²) >= 11 is 0. The minimum atomic E-state index is -0.388. The molecule has 1 atom stereocenters. The summed E-state index contributed by atoms with van der Waals surface area (Å²) in [7, 11) is 1.84. The summed E-state index contributed by atoms with van der Waals surface area (Å²) in [5.74, 6) is -0.484. The van der Waals surface area contributed by atoms with Gasteiger partial charge in [-0.15, -0.1) is 0 Å². The van der Waals surface area contributed by atoms with Crippen LogP contribution >= 0.6 is 0 Å². The molecule has 1 aromatic carbocycles. The molecule has 0 spiro atoms. The van der Waals surface area contributed by atoms with E-state index in [0.717, 1.165) is 19.3 Å². The Balaban J connectivity index is 1.90. The van der Waals surface area contributed by atoms with Crippen molar-refractivity contribution in [1.82, 2.24) is 9.88 Å². The number of nitrogens with one attached hydrogen (secondary N) is 1. The molecule has 1 aromatic heterocycles. The summed E-state index contributed by atoms with van der Waals surface area (Å²) in [5.41, 5.74) is 4.78. The molecule has 1 N–H and O–H groups in total. The quantitative estimate of drug-likeness (QED) is 0.816. The van der Waals surface area contributed by atoms with Gasteiger partial charge in [0, 0.05) is 12.7 Å². The average Bonchev–Trinajstić information content (AvgIpc) is 2.93. The first-order valence-corrected chi connectivity index (χ1v) is 9.56. The predicted molar refractivity (Wildman–Crippen MR) is 105 cm³/mol. The second kappa shape index (κ2) is 7.59. The summed E-state index contributed by atoms with van der Waals surface area (Å²) < 4.78 is 5.33. The molecule has 1 amide bonds. The Kier molecular flexibility index (Phi) is 5.40. The first-order chi connectivity index (χ1) is 12.8. The van der Waals surface area contributed by atoms with Crippen LogP contribution in [0.1, 0.15) is 76.0 Å². The number of aromatic amines is 1. The number of rotatable bonds is 4. The third-order valence-corrected chi connectivity index (χ3v) is 5.32. The van der Waals surface area contributed by atoms with Crippen LogP contribution in [-0.4, -0.2) is 34.9 Å². The van der Waals surface area contributed by atoms with Gasteiger partial charge in [-0.3, -0.25) is 4.79 Å². The number of nitrogens with zero attached hydrogens (tertiary/aromatic N) is 1. The summed E-state index contributed by atoms with van der Waals surface area (Å²) in [6, 6.07) is 8.38. The standard InChI is InChI=1S/C22H28N2O3/c1-13(2)27-22(26)19-14(3)20(23-15(19)4)21(25)24(5)18-12-8-10-16-9-6-7-11-17(16)18/h6-7,9,11,13,18,23H,8,10,12H2,1-5H3. The summed E-state index contributed by atoms with van der Waals surface area (Å²) in [6.07, 6.45) is 2.86. The molecule has 0 aliphatic heterocycles. The molecule has 0 saturated heterocycles. The minimum absolute atomic E-state index is 0.0523. The number of hydrogen-bond donors (Lipinski definition) is 1. The van der Waals surface area contributed by atoms with Gasteiger partial charge in [-0.25, -0.2) is 4.79 Å². The zero-order valence-electron chi connectivity index (χ0n) is 16.8. The number of ether oxygens (including phenoxy) is 1. The largest absolute Gasteiger partial charge is 0.459 e. The summed E-state index contributed by atoms with van der Waals surface area (Å²) in [4.78, 5) is 30.5. The van der Waals surface area contributed by atoms with Gasteiger partial charge in [0.05, 0.1) is 17.7 Å². The van der Waals surface area contributed by atoms with Gasteiger partial charge >= 0.3 is 5.97 Å². The van der Waals surface area contributed by atoms with Gasteiger partial charge in [0.2, 0.25) is 0 Å². The minimum Gasteiger partial charge on any atom is -0.459 e. The van der Waals surface area contributed by atoms with Crippen molar-refractivity contribution in [2.24, 2.45) is 0 Å². The van der Waals surface area contributed by atoms with Crippen LogP contribution in [0.4, 0.5) is 0 Å². The Morgan fingerprint density at radius 3 is 2.63 bits per heavy atom. The number of hydrogen-bond acceptors (Lipinski definition) is 3. The van der Waals surface area contributed by atoms with Gasteiger partial charge in [0.15, 0.2) is 0 Å². The van der Waals surface area contributed by atoms with Crippen LogP contribution in [-0.2, 0) is 11.2 Å². The molecule has 0 saturated carbocycles. The topological polar surface area (TPSA) is 62.4 Å². The first kappa shape index (κ1) is 19.2. The number of aromatic nitrogens is 1. The van der Waals surface area contributed by atoms with Crippen molar-refractivity contribution in [3.05, 3.63) is 57.9 Å². The highest BCUT2D eigenvalue weighted by atomic mass is 16.5. The molecule has 144 valence electrons. The van der Waals surface area contributed by atoms with Gasteiger partial charge in [0.1, 0.15) is 5.69 Å². The Morgan fingerprint density at radius 1 is 1.22 bits per heavy atom. The van der Waals surface area contributed by atoms with Gasteiger partial charge in [-0.05, 0) is 63.6 Å². The molecule has 5 heteroatoms. The van der Waals surface area contributed by atoms with E-state index in [4.69, 9.17) is 4.74 Å². The van der Waals surface area contributed by atoms with Crippen molar-refractivity contribution in [2.45, 2.75) is 59.1 Å². The van der Waals surface area contributed by atoms with Crippen molar-refractivity contribution >= 4 is 11.9 Å². The van der Waals surface area contributed by atoms with Crippen LogP contribution in [0.25, 0.3) is 0 Å². The van der Waals surface area contributed by atoms with E-state index >= 15 is 0 Å². The van der Waals surface area contributed by atoms with Crippen LogP contribution in [0.5, 0.6) is 0 Å². The number of carbonyl (C=O) groups excluding carboxylic acids is 2. The fraction of sp³-hybridized carbons (Fsp3) is 0.455. The van der Waals surface area contributed by atoms with Crippen LogP contribution in [0.2, 0.25) is 0 Å². The molecule has 1 aliphatic carbocycles. The molecule has 0 bridgehead atoms. The highest BCUT2D eigenvalue weighted by molar-refractivity contribution is 6.00. The number of aryl methyl sites for hydroxylation is 2. The van der Waals surface area contributed by atoms with Crippen LogP contribution in [0, 0.1) is 13.8 Å². The lowest BCUT2D eigenvalue weighted by molar-refractivity contribution is 0.0376. The van der Waals surface area contributed by atoms with E-state index in [9.17, 15) is 9.59 Å². The SMILES string of the molecule is Cc1[nH]c(C(=O)N(C)C2CCCc3ccccc32)c(C)c1C(=O)OC(C)C. The number of esters is 1. The number of fused-ring (bicyclic) bond motifs is 1. The zero-order valence-corrected chi connectivity index (χ0v) is 16.8. The molecule has 5 nitrogen and oxygen atoms in total. The summed E-state index contributed by atoms with van der Waals surface area (Å²) in [5, 5.41) is 0. The van der Waals surface area contributed by atoms with E-state index < -0.39 is 0 Å². The molecule has 0 radical (unpaired) electrons. The van der Waals surface area contributed by atoms with Crippen LogP contribution < -0.4 is 0 Å².